The second-order valence-corrected chi connectivity index (χ2v) is 9.36. The Balaban J connectivity index is 1.75. The number of fused-ring (bicyclic) bond motifs is 3. The summed E-state index contributed by atoms with van der Waals surface area (Å²) in [7, 11) is 0. The molecule has 8 heteroatoms. The predicted octanol–water partition coefficient (Wildman–Crippen LogP) is 3.88. The summed E-state index contributed by atoms with van der Waals surface area (Å²) in [6.45, 7) is 7.34. The number of anilines is 1. The van der Waals surface area contributed by atoms with Crippen molar-refractivity contribution in [3.05, 3.63) is 24.0 Å². The first kappa shape index (κ1) is 22.3. The smallest absolute Gasteiger partial charge is 0.223 e. The molecule has 0 radical (unpaired) electrons. The molecular formula is C24H33N5O3. The number of nitrogens with two attached hydrogens (primary N) is 1. The van der Waals surface area contributed by atoms with Crippen LogP contribution >= 0.6 is 0 Å². The minimum Gasteiger partial charge on any atom is -0.508 e. The molecule has 172 valence electrons. The van der Waals surface area contributed by atoms with Gasteiger partial charge in [0.25, 0.3) is 0 Å². The first-order chi connectivity index (χ1) is 15.3. The van der Waals surface area contributed by atoms with Crippen molar-refractivity contribution in [2.75, 3.05) is 12.3 Å². The lowest BCUT2D eigenvalue weighted by Gasteiger charge is -2.31. The number of phenols is 1. The number of nitrogens with zero attached hydrogens (tertiary/aromatic N) is 3. The van der Waals surface area contributed by atoms with Crippen LogP contribution in [0.3, 0.4) is 0 Å². The quantitative estimate of drug-likeness (QED) is 0.514. The summed E-state index contributed by atoms with van der Waals surface area (Å²) in [4.78, 5) is 22.2. The normalized spacial score (nSPS) is 15.5. The van der Waals surface area contributed by atoms with Crippen molar-refractivity contribution >= 4 is 33.7 Å². The van der Waals surface area contributed by atoms with E-state index < -0.39 is 5.54 Å². The van der Waals surface area contributed by atoms with E-state index in [0.717, 1.165) is 36.6 Å². The lowest BCUT2D eigenvalue weighted by atomic mass is 9.88. The number of nitrogen functional groups attached to an aromatic ring is 1. The lowest BCUT2D eigenvalue weighted by Crippen LogP contribution is -2.49. The van der Waals surface area contributed by atoms with Crippen molar-refractivity contribution in [3.8, 4) is 5.75 Å². The van der Waals surface area contributed by atoms with E-state index in [2.05, 4.69) is 10.3 Å². The second kappa shape index (κ2) is 8.94. The maximum Gasteiger partial charge on any atom is 0.223 e. The van der Waals surface area contributed by atoms with Crippen LogP contribution in [0.1, 0.15) is 58.7 Å². The number of aromatic nitrogens is 3. The summed E-state index contributed by atoms with van der Waals surface area (Å²) < 4.78 is 7.72. The molecule has 2 aromatic heterocycles. The number of aromatic hydroxyl groups is 1. The molecule has 1 amide bonds. The number of phenolic OH excluding ortho intramolecular Hbond substituents is 1. The molecule has 0 saturated heterocycles. The molecule has 0 atom stereocenters. The van der Waals surface area contributed by atoms with Crippen molar-refractivity contribution in [3.63, 3.8) is 0 Å². The maximum absolute atomic E-state index is 13.0. The first-order valence-electron chi connectivity index (χ1n) is 11.5. The Morgan fingerprint density at radius 1 is 1.28 bits per heavy atom. The van der Waals surface area contributed by atoms with Crippen LogP contribution in [0, 0.1) is 5.92 Å². The highest BCUT2D eigenvalue weighted by Gasteiger charge is 2.29. The Morgan fingerprint density at radius 3 is 2.75 bits per heavy atom. The molecule has 0 unspecified atom stereocenters. The van der Waals surface area contributed by atoms with Gasteiger partial charge in [-0.1, -0.05) is 19.3 Å². The number of amides is 1. The van der Waals surface area contributed by atoms with Crippen LogP contribution in [0.15, 0.2) is 18.2 Å². The molecule has 1 fully saturated rings. The van der Waals surface area contributed by atoms with Gasteiger partial charge in [0.15, 0.2) is 5.82 Å². The monoisotopic (exact) mass is 439 g/mol. The number of imidazole rings is 1. The zero-order valence-electron chi connectivity index (χ0n) is 19.1. The van der Waals surface area contributed by atoms with Gasteiger partial charge < -0.3 is 25.5 Å². The highest BCUT2D eigenvalue weighted by atomic mass is 16.5. The summed E-state index contributed by atoms with van der Waals surface area (Å²) in [6, 6.07) is 5.02. The molecule has 1 saturated carbocycles. The number of benzene rings is 1. The zero-order valence-corrected chi connectivity index (χ0v) is 19.1. The van der Waals surface area contributed by atoms with Gasteiger partial charge in [-0.15, -0.1) is 0 Å². The third kappa shape index (κ3) is 4.50. The molecule has 4 rings (SSSR count). The standard InChI is InChI=1S/C24H33N5O3/c1-4-32-13-19-27-20-21(17-12-16(30)10-11-18(17)26-22(20)25)29(19)14-24(2,3)28-23(31)15-8-6-5-7-9-15/h10-12,15,30H,4-9,13-14H2,1-3H3,(H2,25,26)(H,28,31). The van der Waals surface area contributed by atoms with Crippen LogP contribution in [0.2, 0.25) is 0 Å². The van der Waals surface area contributed by atoms with Crippen LogP contribution in [-0.2, 0) is 22.7 Å². The van der Waals surface area contributed by atoms with Crippen molar-refractivity contribution in [2.45, 2.75) is 71.6 Å². The molecule has 3 aromatic rings. The van der Waals surface area contributed by atoms with E-state index in [0.29, 0.717) is 42.4 Å². The topological polar surface area (TPSA) is 115 Å². The number of nitrogens with one attached hydrogen (secondary N) is 1. The minimum absolute atomic E-state index is 0.0862. The van der Waals surface area contributed by atoms with E-state index in [1.165, 1.54) is 6.42 Å². The SMILES string of the molecule is CCOCc1nc2c(N)nc3ccc(O)cc3c2n1CC(C)(C)NC(=O)C1CCCCC1. The lowest BCUT2D eigenvalue weighted by molar-refractivity contribution is -0.127. The predicted molar refractivity (Wildman–Crippen MR) is 125 cm³/mol. The second-order valence-electron chi connectivity index (χ2n) is 9.36. The third-order valence-electron chi connectivity index (χ3n) is 6.19. The van der Waals surface area contributed by atoms with Crippen LogP contribution in [-0.4, -0.2) is 37.7 Å². The van der Waals surface area contributed by atoms with E-state index >= 15 is 0 Å². The molecule has 0 bridgehead atoms. The van der Waals surface area contributed by atoms with Crippen LogP contribution < -0.4 is 11.1 Å². The van der Waals surface area contributed by atoms with Gasteiger partial charge in [0.1, 0.15) is 23.7 Å². The highest BCUT2D eigenvalue weighted by Crippen LogP contribution is 2.32. The minimum atomic E-state index is -0.524. The molecule has 0 spiro atoms. The molecule has 32 heavy (non-hydrogen) atoms. The maximum atomic E-state index is 13.0. The van der Waals surface area contributed by atoms with Crippen molar-refractivity contribution in [1.82, 2.24) is 19.9 Å². The van der Waals surface area contributed by atoms with Crippen LogP contribution in [0.4, 0.5) is 5.82 Å². The molecule has 0 aliphatic heterocycles. The van der Waals surface area contributed by atoms with Gasteiger partial charge in [0, 0.05) is 24.5 Å². The van der Waals surface area contributed by atoms with Crippen LogP contribution in [0.5, 0.6) is 5.75 Å². The fraction of sp³-hybridized carbons (Fsp3) is 0.542. The number of ether oxygens (including phenoxy) is 1. The Bertz CT molecular complexity index is 1130. The van der Waals surface area contributed by atoms with Crippen molar-refractivity contribution in [1.29, 1.82) is 0 Å². The zero-order chi connectivity index (χ0) is 22.9. The van der Waals surface area contributed by atoms with Gasteiger partial charge in [0.2, 0.25) is 5.91 Å². The Labute approximate surface area is 188 Å². The van der Waals surface area contributed by atoms with Gasteiger partial charge in [-0.25, -0.2) is 9.97 Å². The molecule has 8 nitrogen and oxygen atoms in total. The van der Waals surface area contributed by atoms with Crippen molar-refractivity contribution in [2.24, 2.45) is 5.92 Å². The Hall–Kier alpha value is -2.87. The molecule has 1 aromatic carbocycles. The first-order valence-corrected chi connectivity index (χ1v) is 11.5. The number of pyridine rings is 1. The summed E-state index contributed by atoms with van der Waals surface area (Å²) in [5, 5.41) is 14.1. The number of carbonyl (C=O) groups excluding carboxylic acids is 1. The van der Waals surface area contributed by atoms with Crippen molar-refractivity contribution < 1.29 is 14.6 Å². The van der Waals surface area contributed by atoms with E-state index in [1.54, 1.807) is 18.2 Å². The average Bonchev–Trinajstić information content (AvgIpc) is 3.11. The summed E-state index contributed by atoms with van der Waals surface area (Å²) in [5.41, 5.74) is 7.78. The molecule has 4 N–H and O–H groups in total. The largest absolute Gasteiger partial charge is 0.508 e. The summed E-state index contributed by atoms with van der Waals surface area (Å²) in [5.74, 6) is 1.40. The van der Waals surface area contributed by atoms with E-state index in [1.807, 2.05) is 25.3 Å². The van der Waals surface area contributed by atoms with Gasteiger partial charge in [0.05, 0.1) is 16.6 Å². The fourth-order valence-electron chi connectivity index (χ4n) is 4.65. The summed E-state index contributed by atoms with van der Waals surface area (Å²) in [6.07, 6.45) is 5.36. The number of hydrogen-bond acceptors (Lipinski definition) is 6. The average molecular weight is 440 g/mol. The third-order valence-corrected chi connectivity index (χ3v) is 6.19. The molecular weight excluding hydrogens is 406 g/mol. The van der Waals surface area contributed by atoms with E-state index in [9.17, 15) is 9.90 Å². The van der Waals surface area contributed by atoms with E-state index in [4.69, 9.17) is 15.5 Å². The molecule has 1 aliphatic rings. The fourth-order valence-corrected chi connectivity index (χ4v) is 4.65. The highest BCUT2D eigenvalue weighted by molar-refractivity contribution is 6.07. The Kier molecular flexibility index (Phi) is 6.24. The molecule has 2 heterocycles. The van der Waals surface area contributed by atoms with Gasteiger partial charge in [-0.3, -0.25) is 4.79 Å². The number of hydrogen-bond donors (Lipinski definition) is 3. The van der Waals surface area contributed by atoms with Gasteiger partial charge in [-0.2, -0.15) is 0 Å². The Morgan fingerprint density at radius 2 is 2.03 bits per heavy atom. The molecule has 1 aliphatic carbocycles. The number of rotatable bonds is 7. The van der Waals surface area contributed by atoms with Crippen LogP contribution in [0.25, 0.3) is 21.9 Å². The summed E-state index contributed by atoms with van der Waals surface area (Å²) >= 11 is 0. The van der Waals surface area contributed by atoms with Gasteiger partial charge in [-0.05, 0) is 51.8 Å². The number of carbonyl (C=O) groups is 1. The van der Waals surface area contributed by atoms with Gasteiger partial charge >= 0.3 is 0 Å². The van der Waals surface area contributed by atoms with E-state index in [-0.39, 0.29) is 17.6 Å².